The van der Waals surface area contributed by atoms with Crippen molar-refractivity contribution in [2.75, 3.05) is 26.7 Å². The van der Waals surface area contributed by atoms with E-state index < -0.39 is 0 Å². The molecule has 118 valence electrons. The molecule has 1 aliphatic rings. The van der Waals surface area contributed by atoms with Gasteiger partial charge in [0, 0.05) is 12.1 Å². The minimum atomic E-state index is -0.290. The maximum atomic E-state index is 13.8. The summed E-state index contributed by atoms with van der Waals surface area (Å²) < 4.78 is 18.7. The first-order valence-electron chi connectivity index (χ1n) is 7.96. The highest BCUT2D eigenvalue weighted by molar-refractivity contribution is 5.30. The van der Waals surface area contributed by atoms with Gasteiger partial charge < -0.3 is 15.0 Å². The standard InChI is InChI=1S/C17H27FN2O/c1-4-9-20-10-7-15(8-11-20)19-13(2)14-5-6-17(21-3)16(18)12-14/h5-6,12-13,15,19H,4,7-11H2,1-3H3. The van der Waals surface area contributed by atoms with Gasteiger partial charge in [0.2, 0.25) is 0 Å². The van der Waals surface area contributed by atoms with Crippen LogP contribution in [0, 0.1) is 5.82 Å². The van der Waals surface area contributed by atoms with Crippen LogP contribution in [-0.2, 0) is 0 Å². The Morgan fingerprint density at radius 3 is 2.67 bits per heavy atom. The number of halogens is 1. The van der Waals surface area contributed by atoms with Crippen molar-refractivity contribution in [2.45, 2.75) is 45.2 Å². The summed E-state index contributed by atoms with van der Waals surface area (Å²) in [5.74, 6) is 0.0141. The molecule has 1 aromatic rings. The summed E-state index contributed by atoms with van der Waals surface area (Å²) in [6, 6.07) is 5.90. The Balaban J connectivity index is 1.87. The third kappa shape index (κ3) is 4.42. The average molecular weight is 294 g/mol. The van der Waals surface area contributed by atoms with Crippen molar-refractivity contribution < 1.29 is 9.13 Å². The van der Waals surface area contributed by atoms with Crippen LogP contribution in [0.3, 0.4) is 0 Å². The van der Waals surface area contributed by atoms with Crippen LogP contribution in [0.4, 0.5) is 4.39 Å². The van der Waals surface area contributed by atoms with Crippen molar-refractivity contribution >= 4 is 0 Å². The van der Waals surface area contributed by atoms with E-state index in [0.29, 0.717) is 11.8 Å². The fourth-order valence-electron chi connectivity index (χ4n) is 3.04. The summed E-state index contributed by atoms with van der Waals surface area (Å²) in [5.41, 5.74) is 0.976. The van der Waals surface area contributed by atoms with Gasteiger partial charge in [-0.2, -0.15) is 0 Å². The first kappa shape index (κ1) is 16.2. The second kappa shape index (κ2) is 7.76. The van der Waals surface area contributed by atoms with Crippen LogP contribution in [0.1, 0.15) is 44.7 Å². The van der Waals surface area contributed by atoms with E-state index in [1.807, 2.05) is 6.07 Å². The van der Waals surface area contributed by atoms with Gasteiger partial charge >= 0.3 is 0 Å². The Labute approximate surface area is 127 Å². The molecule has 0 saturated carbocycles. The Morgan fingerprint density at radius 1 is 1.38 bits per heavy atom. The number of nitrogens with zero attached hydrogens (tertiary/aromatic N) is 1. The molecule has 0 spiro atoms. The molecule has 0 aliphatic carbocycles. The van der Waals surface area contributed by atoms with Crippen molar-refractivity contribution in [1.29, 1.82) is 0 Å². The number of likely N-dealkylation sites (tertiary alicyclic amines) is 1. The second-order valence-corrected chi connectivity index (χ2v) is 5.90. The normalized spacial score (nSPS) is 18.7. The molecule has 0 aromatic heterocycles. The van der Waals surface area contributed by atoms with Gasteiger partial charge in [-0.25, -0.2) is 4.39 Å². The summed E-state index contributed by atoms with van der Waals surface area (Å²) >= 11 is 0. The number of nitrogens with one attached hydrogen (secondary N) is 1. The lowest BCUT2D eigenvalue weighted by atomic mass is 10.0. The number of rotatable bonds is 6. The molecular weight excluding hydrogens is 267 g/mol. The molecule has 2 rings (SSSR count). The highest BCUT2D eigenvalue weighted by Gasteiger charge is 2.20. The molecule has 4 heteroatoms. The molecule has 3 nitrogen and oxygen atoms in total. The van der Waals surface area contributed by atoms with Crippen molar-refractivity contribution in [1.82, 2.24) is 10.2 Å². The largest absolute Gasteiger partial charge is 0.494 e. The molecule has 1 aliphatic heterocycles. The highest BCUT2D eigenvalue weighted by Crippen LogP contribution is 2.23. The molecule has 0 radical (unpaired) electrons. The quantitative estimate of drug-likeness (QED) is 0.870. The lowest BCUT2D eigenvalue weighted by Gasteiger charge is -2.33. The zero-order valence-corrected chi connectivity index (χ0v) is 13.4. The molecule has 1 fully saturated rings. The van der Waals surface area contributed by atoms with E-state index in [0.717, 1.165) is 18.7 Å². The van der Waals surface area contributed by atoms with Crippen LogP contribution in [0.25, 0.3) is 0 Å². The average Bonchev–Trinajstić information content (AvgIpc) is 2.49. The van der Waals surface area contributed by atoms with E-state index in [1.54, 1.807) is 12.1 Å². The maximum Gasteiger partial charge on any atom is 0.165 e. The summed E-state index contributed by atoms with van der Waals surface area (Å²) in [4.78, 5) is 2.52. The molecule has 1 atom stereocenters. The fraction of sp³-hybridized carbons (Fsp3) is 0.647. The Morgan fingerprint density at radius 2 is 2.10 bits per heavy atom. The van der Waals surface area contributed by atoms with Crippen molar-refractivity contribution in [3.63, 3.8) is 0 Å². The van der Waals surface area contributed by atoms with Gasteiger partial charge in [0.1, 0.15) is 0 Å². The minimum Gasteiger partial charge on any atom is -0.494 e. The zero-order chi connectivity index (χ0) is 15.2. The van der Waals surface area contributed by atoms with Gasteiger partial charge in [-0.05, 0) is 63.5 Å². The lowest BCUT2D eigenvalue weighted by Crippen LogP contribution is -2.43. The first-order chi connectivity index (χ1) is 10.1. The van der Waals surface area contributed by atoms with Gasteiger partial charge in [0.15, 0.2) is 11.6 Å². The van der Waals surface area contributed by atoms with Crippen LogP contribution >= 0.6 is 0 Å². The van der Waals surface area contributed by atoms with Gasteiger partial charge in [-0.3, -0.25) is 0 Å². The summed E-state index contributed by atoms with van der Waals surface area (Å²) in [7, 11) is 1.49. The third-order valence-electron chi connectivity index (χ3n) is 4.29. The first-order valence-corrected chi connectivity index (χ1v) is 7.96. The van der Waals surface area contributed by atoms with Crippen LogP contribution in [-0.4, -0.2) is 37.7 Å². The van der Waals surface area contributed by atoms with E-state index >= 15 is 0 Å². The summed E-state index contributed by atoms with van der Waals surface area (Å²) in [6.07, 6.45) is 3.56. The molecule has 0 amide bonds. The van der Waals surface area contributed by atoms with Gasteiger partial charge in [0.05, 0.1) is 7.11 Å². The number of hydrogen-bond acceptors (Lipinski definition) is 3. The van der Waals surface area contributed by atoms with Crippen molar-refractivity contribution in [3.8, 4) is 5.75 Å². The molecule has 1 N–H and O–H groups in total. The highest BCUT2D eigenvalue weighted by atomic mass is 19.1. The topological polar surface area (TPSA) is 24.5 Å². The third-order valence-corrected chi connectivity index (χ3v) is 4.29. The number of piperidine rings is 1. The number of methoxy groups -OCH3 is 1. The fourth-order valence-corrected chi connectivity index (χ4v) is 3.04. The second-order valence-electron chi connectivity index (χ2n) is 5.90. The van der Waals surface area contributed by atoms with Crippen molar-refractivity contribution in [3.05, 3.63) is 29.6 Å². The molecular formula is C17H27FN2O. The zero-order valence-electron chi connectivity index (χ0n) is 13.4. The van der Waals surface area contributed by atoms with Crippen LogP contribution in [0.5, 0.6) is 5.75 Å². The molecule has 1 saturated heterocycles. The Bertz CT molecular complexity index is 444. The van der Waals surface area contributed by atoms with Crippen LogP contribution in [0.2, 0.25) is 0 Å². The summed E-state index contributed by atoms with van der Waals surface area (Å²) in [5, 5.41) is 3.63. The summed E-state index contributed by atoms with van der Waals surface area (Å²) in [6.45, 7) is 7.85. The predicted octanol–water partition coefficient (Wildman–Crippen LogP) is 3.36. The molecule has 1 aromatic carbocycles. The SMILES string of the molecule is CCCN1CCC(NC(C)c2ccc(OC)c(F)c2)CC1. The van der Waals surface area contributed by atoms with Crippen LogP contribution in [0.15, 0.2) is 18.2 Å². The van der Waals surface area contributed by atoms with Crippen molar-refractivity contribution in [2.24, 2.45) is 0 Å². The molecule has 21 heavy (non-hydrogen) atoms. The van der Waals surface area contributed by atoms with Crippen LogP contribution < -0.4 is 10.1 Å². The van der Waals surface area contributed by atoms with Gasteiger partial charge in [-0.1, -0.05) is 13.0 Å². The lowest BCUT2D eigenvalue weighted by molar-refractivity contribution is 0.192. The smallest absolute Gasteiger partial charge is 0.165 e. The monoisotopic (exact) mass is 294 g/mol. The van der Waals surface area contributed by atoms with Gasteiger partial charge in [0.25, 0.3) is 0 Å². The molecule has 1 unspecified atom stereocenters. The molecule has 0 bridgehead atoms. The predicted molar refractivity (Wildman–Crippen MR) is 84.3 cm³/mol. The Kier molecular flexibility index (Phi) is 6.00. The number of benzene rings is 1. The van der Waals surface area contributed by atoms with Gasteiger partial charge in [-0.15, -0.1) is 0 Å². The minimum absolute atomic E-state index is 0.160. The van der Waals surface area contributed by atoms with E-state index in [4.69, 9.17) is 4.74 Å². The number of ether oxygens (including phenoxy) is 1. The van der Waals surface area contributed by atoms with E-state index in [-0.39, 0.29) is 11.9 Å². The van der Waals surface area contributed by atoms with E-state index in [1.165, 1.54) is 32.9 Å². The van der Waals surface area contributed by atoms with E-state index in [9.17, 15) is 4.39 Å². The maximum absolute atomic E-state index is 13.8. The molecule has 1 heterocycles. The van der Waals surface area contributed by atoms with E-state index in [2.05, 4.69) is 24.1 Å². The number of hydrogen-bond donors (Lipinski definition) is 1. The Hall–Kier alpha value is -1.13.